The zero-order valence-corrected chi connectivity index (χ0v) is 55.8. The van der Waals surface area contributed by atoms with Gasteiger partial charge in [-0.3, -0.25) is 48.0 Å². The fourth-order valence-electron chi connectivity index (χ4n) is 9.80. The van der Waals surface area contributed by atoms with Crippen LogP contribution < -0.4 is 32.1 Å². The number of carboxylic acids is 2. The molecule has 9 N–H and O–H groups in total. The molecule has 0 bridgehead atoms. The number of nitrogens with one attached hydrogen (secondary N) is 7. The number of carbonyl (C=O) groups excluding carboxylic acids is 9. The Kier molecular flexibility index (Phi) is 45.8. The molecule has 0 unspecified atom stereocenters. The van der Waals surface area contributed by atoms with Crippen LogP contribution >= 0.6 is 0 Å². The number of aromatic nitrogens is 2. The van der Waals surface area contributed by atoms with Crippen LogP contribution in [0.5, 0.6) is 0 Å². The Bertz CT molecular complexity index is 2280. The minimum atomic E-state index is -1.46. The van der Waals surface area contributed by atoms with Crippen molar-refractivity contribution in [1.82, 2.24) is 42.0 Å². The molecule has 0 aromatic carbocycles. The molecule has 5 amide bonds. The topological polar surface area (TPSA) is 375 Å². The van der Waals surface area contributed by atoms with E-state index in [9.17, 15) is 57.8 Å². The first kappa shape index (κ1) is 82.8. The maximum Gasteiger partial charge on any atom is 0.329 e. The highest BCUT2D eigenvalue weighted by atomic mass is 16.7. The molecule has 0 spiro atoms. The average Bonchev–Trinajstić information content (AvgIpc) is 2.22. The number of esters is 1. The molecule has 0 saturated heterocycles. The number of ether oxygens (including phenoxy) is 4. The molecule has 26 nitrogen and oxygen atoms in total. The Hall–Kier alpha value is -6.22. The van der Waals surface area contributed by atoms with Crippen molar-refractivity contribution >= 4 is 64.8 Å². The monoisotopic (exact) mass is 1290 g/mol. The number of nitrogens with zero attached hydrogens (tertiary/aromatic N) is 1. The Morgan fingerprint density at radius 1 is 0.615 bits per heavy atom. The summed E-state index contributed by atoms with van der Waals surface area (Å²) in [5, 5.41) is 32.1. The van der Waals surface area contributed by atoms with Crippen molar-refractivity contribution < 1.29 is 86.7 Å². The van der Waals surface area contributed by atoms with Crippen LogP contribution in [0.1, 0.15) is 222 Å². The number of carbonyl (C=O) groups is 11. The van der Waals surface area contributed by atoms with Crippen LogP contribution in [0, 0.1) is 17.8 Å². The summed E-state index contributed by atoms with van der Waals surface area (Å²) in [5.74, 6) is -6.37. The molecule has 91 heavy (non-hydrogen) atoms. The molecule has 26 heteroatoms. The molecule has 0 fully saturated rings. The number of carboxylic acid groups (broad SMARTS) is 2. The van der Waals surface area contributed by atoms with Gasteiger partial charge in [-0.15, -0.1) is 0 Å². The predicted molar refractivity (Wildman–Crippen MR) is 340 cm³/mol. The second kappa shape index (κ2) is 50.4. The molecule has 0 saturated carbocycles. The number of H-pyrrole nitrogens is 1. The first-order valence-corrected chi connectivity index (χ1v) is 33.2. The van der Waals surface area contributed by atoms with Crippen LogP contribution in [0.3, 0.4) is 0 Å². The lowest BCUT2D eigenvalue weighted by molar-refractivity contribution is -0.160. The average molecular weight is 1290 g/mol. The first-order chi connectivity index (χ1) is 43.4. The summed E-state index contributed by atoms with van der Waals surface area (Å²) in [6.07, 6.45) is 20.2. The van der Waals surface area contributed by atoms with Gasteiger partial charge >= 0.3 is 17.9 Å². The minimum Gasteiger partial charge on any atom is -0.481 e. The molecule has 0 aliphatic carbocycles. The van der Waals surface area contributed by atoms with Crippen molar-refractivity contribution in [3.05, 3.63) is 18.2 Å². The summed E-state index contributed by atoms with van der Waals surface area (Å²) in [7, 11) is 0. The maximum atomic E-state index is 13.8. The van der Waals surface area contributed by atoms with Gasteiger partial charge in [0.25, 0.3) is 11.8 Å². The third kappa shape index (κ3) is 41.1. The van der Waals surface area contributed by atoms with Crippen LogP contribution in [-0.2, 0) is 82.9 Å². The van der Waals surface area contributed by atoms with E-state index in [-0.39, 0.29) is 138 Å². The van der Waals surface area contributed by atoms with E-state index in [0.717, 1.165) is 57.8 Å². The molecule has 0 aliphatic heterocycles. The largest absolute Gasteiger partial charge is 0.481 e. The number of Topliss-reactive ketones (excluding diaryl/α,β-unsaturated/α-hetero) is 3. The van der Waals surface area contributed by atoms with Crippen molar-refractivity contribution in [3.63, 3.8) is 0 Å². The summed E-state index contributed by atoms with van der Waals surface area (Å²) < 4.78 is 21.8. The molecule has 6 atom stereocenters. The highest BCUT2D eigenvalue weighted by Crippen LogP contribution is 2.21. The lowest BCUT2D eigenvalue weighted by Crippen LogP contribution is -2.57. The van der Waals surface area contributed by atoms with E-state index in [1.165, 1.54) is 65.4 Å². The van der Waals surface area contributed by atoms with Gasteiger partial charge in [0.2, 0.25) is 17.7 Å². The second-order valence-electron chi connectivity index (χ2n) is 24.3. The zero-order chi connectivity index (χ0) is 67.8. The highest BCUT2D eigenvalue weighted by Gasteiger charge is 2.37. The lowest BCUT2D eigenvalue weighted by Gasteiger charge is -2.30. The SMILES string of the molecule is CC[C@H](C(=O)N[C@H](C(=O)O[C@@H](Cc1cnc[nH]1)C(=O)NC(C)(C)C(=O)CN[C@@H](CCCCNC(=O)COCCONC(=O)COCCOCCCC(=O)CC[C@H](NC(=O)CCCCCCCCCCCCCCCCC(=O)O)C(=O)O)C(C)=O)C(C)C)[C@@H](C)CC. The van der Waals surface area contributed by atoms with Gasteiger partial charge in [0.1, 0.15) is 36.9 Å². The molecule has 1 rings (SSSR count). The van der Waals surface area contributed by atoms with Gasteiger partial charge in [-0.2, -0.15) is 0 Å². The molecule has 0 aliphatic rings. The number of hydroxylamine groups is 1. The van der Waals surface area contributed by atoms with Crippen molar-refractivity contribution in [2.75, 3.05) is 59.3 Å². The number of amides is 5. The first-order valence-electron chi connectivity index (χ1n) is 33.2. The van der Waals surface area contributed by atoms with Gasteiger partial charge in [0.05, 0.1) is 50.9 Å². The van der Waals surface area contributed by atoms with Crippen LogP contribution in [0.2, 0.25) is 0 Å². The number of hydrogen-bond acceptors (Lipinski definition) is 18. The standard InChI is InChI=1S/C65H112N8O18/c1-9-47(5)51(10-2)61(82)71-60(46(3)4)64(86)91-54(40-49-41-66-45-69-49)62(83)72-65(7,8)55(76)42-68-52(48(6)74)29-25-26-34-67-57(78)43-89-38-39-90-73-58(79)44-88-37-36-87-35-27-28-50(75)32-33-53(63(84)85)70-56(77)30-23-21-19-17-15-13-11-12-14-16-18-20-22-24-31-59(80)81/h41,45-47,51-54,60,68H,9-40,42-44H2,1-8H3,(H,66,69)(H,67,78)(H,70,77)(H,71,82)(H,72,83)(H,73,79)(H,80,81)(H,84,85)/t47-,51-,52-,53-,54-,60-/m0/s1. The Labute approximate surface area is 539 Å². The quantitative estimate of drug-likeness (QED) is 0.0191. The van der Waals surface area contributed by atoms with E-state index in [2.05, 4.69) is 42.0 Å². The Balaban J connectivity index is 2.22. The third-order valence-corrected chi connectivity index (χ3v) is 15.7. The molecule has 520 valence electrons. The molecule has 1 aromatic heterocycles. The summed E-state index contributed by atoms with van der Waals surface area (Å²) in [6, 6.07) is -2.86. The molecular weight excluding hydrogens is 1180 g/mol. The molecule has 0 radical (unpaired) electrons. The van der Waals surface area contributed by atoms with Crippen LogP contribution in [0.4, 0.5) is 0 Å². The number of ketones is 3. The van der Waals surface area contributed by atoms with Crippen molar-refractivity contribution in [2.24, 2.45) is 17.8 Å². The van der Waals surface area contributed by atoms with E-state index in [4.69, 9.17) is 28.9 Å². The number of imidazole rings is 1. The van der Waals surface area contributed by atoms with E-state index in [1.807, 2.05) is 20.8 Å². The molecule has 1 aromatic rings. The van der Waals surface area contributed by atoms with E-state index in [1.54, 1.807) is 13.8 Å². The number of unbranched alkanes of at least 4 members (excludes halogenated alkanes) is 14. The smallest absolute Gasteiger partial charge is 0.329 e. The molecular formula is C65H112N8O18. The summed E-state index contributed by atoms with van der Waals surface area (Å²) >= 11 is 0. The molecule has 1 heterocycles. The van der Waals surface area contributed by atoms with Gasteiger partial charge in [-0.25, -0.2) is 20.1 Å². The van der Waals surface area contributed by atoms with Crippen LogP contribution in [0.15, 0.2) is 12.5 Å². The predicted octanol–water partition coefficient (Wildman–Crippen LogP) is 6.50. The Morgan fingerprint density at radius 3 is 1.77 bits per heavy atom. The number of aliphatic carboxylic acids is 2. The van der Waals surface area contributed by atoms with Gasteiger partial charge in [0.15, 0.2) is 11.9 Å². The fourth-order valence-corrected chi connectivity index (χ4v) is 9.80. The van der Waals surface area contributed by atoms with Gasteiger partial charge in [-0.1, -0.05) is 118 Å². The van der Waals surface area contributed by atoms with Crippen LogP contribution in [-0.4, -0.2) is 174 Å². The summed E-state index contributed by atoms with van der Waals surface area (Å²) in [4.78, 5) is 150. The zero-order valence-electron chi connectivity index (χ0n) is 55.8. The van der Waals surface area contributed by atoms with Crippen molar-refractivity contribution in [1.29, 1.82) is 0 Å². The van der Waals surface area contributed by atoms with Crippen LogP contribution in [0.25, 0.3) is 0 Å². The minimum absolute atomic E-state index is 0.0000447. The maximum absolute atomic E-state index is 13.8. The Morgan fingerprint density at radius 2 is 1.21 bits per heavy atom. The van der Waals surface area contributed by atoms with Gasteiger partial charge in [-0.05, 0) is 84.0 Å². The van der Waals surface area contributed by atoms with Crippen molar-refractivity contribution in [3.8, 4) is 0 Å². The van der Waals surface area contributed by atoms with E-state index >= 15 is 0 Å². The fraction of sp³-hybridized carbons (Fsp3) is 0.785. The summed E-state index contributed by atoms with van der Waals surface area (Å²) in [5.41, 5.74) is 1.25. The van der Waals surface area contributed by atoms with Gasteiger partial charge < -0.3 is 60.7 Å². The second-order valence-corrected chi connectivity index (χ2v) is 24.3. The summed E-state index contributed by atoms with van der Waals surface area (Å²) in [6.45, 7) is 13.7. The van der Waals surface area contributed by atoms with E-state index < -0.39 is 65.3 Å². The van der Waals surface area contributed by atoms with Crippen molar-refractivity contribution in [2.45, 2.75) is 252 Å². The lowest BCUT2D eigenvalue weighted by atomic mass is 9.88. The number of hydrogen-bond donors (Lipinski definition) is 9. The normalized spacial score (nSPS) is 13.5. The number of rotatable bonds is 59. The number of aromatic amines is 1. The van der Waals surface area contributed by atoms with E-state index in [0.29, 0.717) is 50.8 Å². The van der Waals surface area contributed by atoms with Gasteiger partial charge in [0, 0.05) is 63.1 Å². The third-order valence-electron chi connectivity index (χ3n) is 15.7. The highest BCUT2D eigenvalue weighted by molar-refractivity contribution is 5.96.